The van der Waals surface area contributed by atoms with Gasteiger partial charge in [-0.15, -0.1) is 28.8 Å². The van der Waals surface area contributed by atoms with E-state index in [2.05, 4.69) is 142 Å². The van der Waals surface area contributed by atoms with Crippen LogP contribution in [0, 0.1) is 19.9 Å². The molecular weight excluding hydrogens is 751 g/mol. The number of unbranched alkanes of at least 4 members (excludes halogenated alkanes) is 2. The third-order valence-corrected chi connectivity index (χ3v) is 10.8. The summed E-state index contributed by atoms with van der Waals surface area (Å²) in [6, 6.07) is 39.2. The van der Waals surface area contributed by atoms with Crippen LogP contribution in [0.5, 0.6) is 0 Å². The van der Waals surface area contributed by atoms with E-state index in [9.17, 15) is 0 Å². The Bertz CT molecular complexity index is 1680. The Labute approximate surface area is 344 Å². The zero-order chi connectivity index (χ0) is 36.5. The van der Waals surface area contributed by atoms with Crippen molar-refractivity contribution in [2.24, 2.45) is 0 Å². The summed E-state index contributed by atoms with van der Waals surface area (Å²) in [5.41, 5.74) is 16.1. The number of benzene rings is 4. The van der Waals surface area contributed by atoms with E-state index in [-0.39, 0.29) is 35.6 Å². The first-order valence-corrected chi connectivity index (χ1v) is 20.1. The van der Waals surface area contributed by atoms with Gasteiger partial charge < -0.3 is 24.8 Å². The van der Waals surface area contributed by atoms with Crippen LogP contribution in [0.3, 0.4) is 0 Å². The number of fused-ring (bicyclic) bond motifs is 3. The fourth-order valence-electron chi connectivity index (χ4n) is 6.56. The largest absolute Gasteiger partial charge is 1.00 e. The van der Waals surface area contributed by atoms with Gasteiger partial charge in [0.05, 0.1) is 0 Å². The van der Waals surface area contributed by atoms with Crippen LogP contribution < -0.4 is 24.8 Å². The van der Waals surface area contributed by atoms with E-state index in [4.69, 9.17) is 0 Å². The molecule has 0 aromatic heterocycles. The van der Waals surface area contributed by atoms with Crippen molar-refractivity contribution in [3.05, 3.63) is 137 Å². The second-order valence-corrected chi connectivity index (χ2v) is 17.9. The summed E-state index contributed by atoms with van der Waals surface area (Å²) >= 11 is 1.67. The molecule has 0 heterocycles. The molecule has 0 aliphatic heterocycles. The molecule has 0 spiro atoms. The van der Waals surface area contributed by atoms with E-state index in [1.165, 1.54) is 105 Å². The smallest absolute Gasteiger partial charge is 0.0126 e. The molecule has 52 heavy (non-hydrogen) atoms. The minimum Gasteiger partial charge on any atom is -1.00 e. The first-order valence-electron chi connectivity index (χ1n) is 18.9. The maximum atomic E-state index is 3.91. The summed E-state index contributed by atoms with van der Waals surface area (Å²) in [6.07, 6.45) is 9.25. The summed E-state index contributed by atoms with van der Waals surface area (Å²) in [5, 5.41) is 0. The number of rotatable bonds is 8. The van der Waals surface area contributed by atoms with Gasteiger partial charge in [-0.25, -0.2) is 12.1 Å². The van der Waals surface area contributed by atoms with Crippen LogP contribution in [-0.2, 0) is 41.5 Å². The third-order valence-electron chi connectivity index (χ3n) is 9.60. The summed E-state index contributed by atoms with van der Waals surface area (Å²) in [4.78, 5) is 0. The summed E-state index contributed by atoms with van der Waals surface area (Å²) in [5.74, 6) is 0. The Balaban J connectivity index is 0.000000462. The van der Waals surface area contributed by atoms with E-state index in [1.807, 2.05) is 30.3 Å². The van der Waals surface area contributed by atoms with Crippen molar-refractivity contribution in [1.82, 2.24) is 0 Å². The van der Waals surface area contributed by atoms with Gasteiger partial charge in [0, 0.05) is 0 Å². The van der Waals surface area contributed by atoms with Crippen LogP contribution in [0.25, 0.3) is 33.4 Å². The fraction of sp³-hybridized carbons (Fsp3) is 0.388. The van der Waals surface area contributed by atoms with E-state index < -0.39 is 0 Å². The molecule has 3 heteroatoms. The SMILES string of the molecule is CCCC[C](=[Zr+2])CCCC.Cc1ccc(-c2[c-]c3c(cc2C(C)(C)C)-c2cc(C(C)(C)C)c(-c4ccc(C)cc4)cc2C3)cc1.[Cl-].[Cl-].c1cc[cH-]c1. The number of aryl methyl sites for hydroxylation is 2. The quantitative estimate of drug-likeness (QED) is 0.137. The van der Waals surface area contributed by atoms with Gasteiger partial charge >= 0.3 is 79.8 Å². The molecule has 5 aromatic carbocycles. The topological polar surface area (TPSA) is 0 Å². The molecule has 0 bridgehead atoms. The van der Waals surface area contributed by atoms with E-state index in [0.29, 0.717) is 0 Å². The Hall–Kier alpha value is -2.44. The van der Waals surface area contributed by atoms with Gasteiger partial charge in [0.15, 0.2) is 0 Å². The minimum absolute atomic E-state index is 0. The second kappa shape index (κ2) is 20.9. The Morgan fingerprint density at radius 3 is 1.58 bits per heavy atom. The van der Waals surface area contributed by atoms with Crippen LogP contribution in [0.1, 0.15) is 127 Å². The zero-order valence-corrected chi connectivity index (χ0v) is 37.4. The van der Waals surface area contributed by atoms with Crippen molar-refractivity contribution in [3.63, 3.8) is 0 Å². The average molecular weight is 811 g/mol. The van der Waals surface area contributed by atoms with E-state index >= 15 is 0 Å². The molecule has 0 nitrogen and oxygen atoms in total. The molecule has 0 atom stereocenters. The van der Waals surface area contributed by atoms with Crippen molar-refractivity contribution in [2.75, 3.05) is 0 Å². The van der Waals surface area contributed by atoms with Gasteiger partial charge in [-0.2, -0.15) is 18.2 Å². The number of halogens is 2. The molecule has 0 unspecified atom stereocenters. The molecule has 0 amide bonds. The van der Waals surface area contributed by atoms with Crippen LogP contribution >= 0.6 is 0 Å². The van der Waals surface area contributed by atoms with Gasteiger partial charge in [-0.1, -0.05) is 130 Å². The monoisotopic (exact) mass is 808 g/mol. The Morgan fingerprint density at radius 2 is 1.13 bits per heavy atom. The van der Waals surface area contributed by atoms with E-state index in [1.54, 1.807) is 27.4 Å². The van der Waals surface area contributed by atoms with Crippen LogP contribution in [0.4, 0.5) is 0 Å². The van der Waals surface area contributed by atoms with Crippen molar-refractivity contribution in [2.45, 2.75) is 125 Å². The molecule has 0 fully saturated rings. The molecule has 1 aliphatic carbocycles. The van der Waals surface area contributed by atoms with Crippen molar-refractivity contribution < 1.29 is 49.0 Å². The predicted molar refractivity (Wildman–Crippen MR) is 217 cm³/mol. The third kappa shape index (κ3) is 12.6. The molecule has 6 rings (SSSR count). The predicted octanol–water partition coefficient (Wildman–Crippen LogP) is 8.10. The molecule has 0 saturated carbocycles. The van der Waals surface area contributed by atoms with Crippen molar-refractivity contribution in [1.29, 1.82) is 0 Å². The number of hydrogen-bond acceptors (Lipinski definition) is 0. The average Bonchev–Trinajstić information content (AvgIpc) is 3.77. The fourth-order valence-corrected chi connectivity index (χ4v) is 7.43. The minimum atomic E-state index is 0. The van der Waals surface area contributed by atoms with Crippen molar-refractivity contribution >= 4 is 3.21 Å². The molecule has 1 aliphatic rings. The number of hydrogen-bond donors (Lipinski definition) is 0. The molecular formula is C49H60Cl2Zr-2. The first-order chi connectivity index (χ1) is 23.7. The molecule has 0 saturated heterocycles. The summed E-state index contributed by atoms with van der Waals surface area (Å²) < 4.78 is 1.79. The Morgan fingerprint density at radius 1 is 0.654 bits per heavy atom. The van der Waals surface area contributed by atoms with Gasteiger partial charge in [-0.3, -0.25) is 0 Å². The van der Waals surface area contributed by atoms with Gasteiger partial charge in [0.1, 0.15) is 0 Å². The molecule has 5 aromatic rings. The second-order valence-electron chi connectivity index (χ2n) is 16.2. The first kappa shape index (κ1) is 45.7. The van der Waals surface area contributed by atoms with Crippen LogP contribution in [0.15, 0.2) is 97.1 Å². The normalized spacial score (nSPS) is 11.5. The van der Waals surface area contributed by atoms with Gasteiger partial charge in [0.25, 0.3) is 0 Å². The molecule has 0 radical (unpaired) electrons. The zero-order valence-electron chi connectivity index (χ0n) is 33.4. The van der Waals surface area contributed by atoms with Crippen molar-refractivity contribution in [3.8, 4) is 33.4 Å². The maximum absolute atomic E-state index is 3.91. The van der Waals surface area contributed by atoms with Gasteiger partial charge in [0.2, 0.25) is 0 Å². The van der Waals surface area contributed by atoms with E-state index in [0.717, 1.165) is 6.42 Å². The molecule has 0 N–H and O–H groups in total. The summed E-state index contributed by atoms with van der Waals surface area (Å²) in [7, 11) is 0. The standard InChI is InChI=1S/C35H37.C9H18.C5H5.2ClH.Zr/c1-22-9-13-24(14-10-22)30-18-26-17-27-19-31(25-15-11-23(2)12-16-25)33(35(6,7)8)21-29(27)28(26)20-32(30)34(3,4)5;1-3-5-7-9-8-6-4-2;1-2-4-5-3-1;;;/h9-16,18,20-21H,17H2,1-8H3;3-8H2,1-2H3;1-5H;2*1H;/q-1;;-1;;;+2/p-2. The molecule has 276 valence electrons. The van der Waals surface area contributed by atoms with Gasteiger partial charge in [-0.05, 0) is 53.4 Å². The van der Waals surface area contributed by atoms with Crippen LogP contribution in [-0.4, -0.2) is 3.21 Å². The Kier molecular flexibility index (Phi) is 18.3. The summed E-state index contributed by atoms with van der Waals surface area (Å²) in [6.45, 7) is 22.8. The maximum Gasteiger partial charge on any atom is -0.0126 e. The van der Waals surface area contributed by atoms with Crippen LogP contribution in [0.2, 0.25) is 0 Å².